The second kappa shape index (κ2) is 47.2. The van der Waals surface area contributed by atoms with E-state index in [0.717, 1.165) is 12.8 Å². The molecule has 84 heavy (non-hydrogen) atoms. The topological polar surface area (TPSA) is 416 Å². The lowest BCUT2D eigenvalue weighted by Gasteiger charge is -2.32. The predicted molar refractivity (Wildman–Crippen MR) is 317 cm³/mol. The van der Waals surface area contributed by atoms with E-state index in [-0.39, 0.29) is 157 Å². The highest BCUT2D eigenvalue weighted by Crippen LogP contribution is 2.11. The minimum absolute atomic E-state index is 0.0126. The molecule has 0 bridgehead atoms. The number of amides is 9. The lowest BCUT2D eigenvalue weighted by molar-refractivity contribution is -0.129. The van der Waals surface area contributed by atoms with Gasteiger partial charge >= 0.3 is 0 Å². The van der Waals surface area contributed by atoms with Crippen molar-refractivity contribution in [3.63, 3.8) is 0 Å². The maximum atomic E-state index is 13.3. The van der Waals surface area contributed by atoms with Crippen molar-refractivity contribution in [3.05, 3.63) is 0 Å². The van der Waals surface area contributed by atoms with Crippen LogP contribution in [-0.2, 0) is 62.1 Å². The summed E-state index contributed by atoms with van der Waals surface area (Å²) in [4.78, 5) is 111. The molecule has 3 atom stereocenters. The van der Waals surface area contributed by atoms with Gasteiger partial charge in [0.2, 0.25) is 53.2 Å². The first-order chi connectivity index (χ1) is 39.8. The van der Waals surface area contributed by atoms with Gasteiger partial charge in [0, 0.05) is 83.3 Å². The molecular weight excluding hydrogens is 1090 g/mol. The Bertz CT molecular complexity index is 1980. The molecule has 0 aromatic heterocycles. The number of hydrogen-bond acceptors (Lipinski definition) is 19. The van der Waals surface area contributed by atoms with Crippen molar-refractivity contribution < 1.29 is 72.5 Å². The summed E-state index contributed by atoms with van der Waals surface area (Å²) in [6, 6.07) is -1.28. The van der Waals surface area contributed by atoms with Gasteiger partial charge in [0.05, 0.1) is 68.2 Å². The number of hydrogen-bond donors (Lipinski definition) is 13. The van der Waals surface area contributed by atoms with E-state index in [1.54, 1.807) is 27.7 Å². The summed E-state index contributed by atoms with van der Waals surface area (Å²) < 4.78 is 21.4. The molecule has 0 radical (unpaired) electrons. The number of nitrogens with zero attached hydrogens (tertiary/aromatic N) is 2. The fourth-order valence-corrected chi connectivity index (χ4v) is 7.54. The molecule has 0 saturated carbocycles. The summed E-state index contributed by atoms with van der Waals surface area (Å²) in [5.41, 5.74) is 10.1. The summed E-state index contributed by atoms with van der Waals surface area (Å²) >= 11 is 0. The maximum absolute atomic E-state index is 13.3. The first kappa shape index (κ1) is 77.9. The Balaban J connectivity index is 4.53. The summed E-state index contributed by atoms with van der Waals surface area (Å²) in [7, 11) is 0. The van der Waals surface area contributed by atoms with E-state index >= 15 is 0 Å². The number of carbonyl (C=O) groups is 9. The zero-order chi connectivity index (χ0) is 63.2. The average molecular weight is 1200 g/mol. The molecule has 0 heterocycles. The van der Waals surface area contributed by atoms with Gasteiger partial charge in [0.25, 0.3) is 0 Å². The third kappa shape index (κ3) is 41.8. The smallest absolute Gasteiger partial charge is 0.246 e. The standard InChI is InChI=1S/C56H105N13O15/c1-40(52(57)76)18-11-14-26-60-50(74)38-83-34-33-82-31-29-62-51(75)39-84-35-32-81-30-28-61-47(71)22-16-21-46(70)59-25-13-9-10-20-45(54(78)63-27-15-12-19-41(2)53(58)77)67-49(73)24-17-23-48(72)66-44(36-64-55(5,6)42(3)68-79)37-65-56(7,8)43(4)69-80/h40-41,44-45,64-65,79-80H,9-39H2,1-8H3,(H2,57,76)(H2,58,77)(H,59,70)(H,60,74)(H,61,71)(H,62,75)(H,63,78)(H,66,72)(H,67,73)/b68-42-,69-43-/t40-,41-,45-/m0/s1. The van der Waals surface area contributed by atoms with Crippen LogP contribution in [0.5, 0.6) is 0 Å². The van der Waals surface area contributed by atoms with Crippen LogP contribution in [0.4, 0.5) is 0 Å². The highest BCUT2D eigenvalue weighted by Gasteiger charge is 2.27. The number of oxime groups is 2. The van der Waals surface area contributed by atoms with E-state index in [4.69, 9.17) is 30.4 Å². The summed E-state index contributed by atoms with van der Waals surface area (Å²) in [6.45, 7) is 17.6. The first-order valence-corrected chi connectivity index (χ1v) is 29.6. The molecule has 0 unspecified atom stereocenters. The van der Waals surface area contributed by atoms with E-state index in [9.17, 15) is 53.6 Å². The molecule has 484 valence electrons. The quantitative estimate of drug-likeness (QED) is 0.0171. The second-order valence-corrected chi connectivity index (χ2v) is 21.9. The molecule has 0 saturated heterocycles. The fourth-order valence-electron chi connectivity index (χ4n) is 7.54. The van der Waals surface area contributed by atoms with Crippen molar-refractivity contribution in [3.8, 4) is 0 Å². The normalized spacial score (nSPS) is 13.4. The largest absolute Gasteiger partial charge is 0.411 e. The Kier molecular flexibility index (Phi) is 43.8. The van der Waals surface area contributed by atoms with Gasteiger partial charge in [-0.1, -0.05) is 49.8 Å². The molecule has 0 aliphatic carbocycles. The number of primary amides is 2. The highest BCUT2D eigenvalue weighted by atomic mass is 16.5. The van der Waals surface area contributed by atoms with Gasteiger partial charge in [-0.25, -0.2) is 0 Å². The molecule has 15 N–H and O–H groups in total. The summed E-state index contributed by atoms with van der Waals surface area (Å²) in [5, 5.41) is 51.6. The highest BCUT2D eigenvalue weighted by molar-refractivity contribution is 5.91. The van der Waals surface area contributed by atoms with E-state index in [2.05, 4.69) is 58.2 Å². The van der Waals surface area contributed by atoms with Gasteiger partial charge in [-0.2, -0.15) is 0 Å². The van der Waals surface area contributed by atoms with E-state index < -0.39 is 29.1 Å². The molecule has 0 fully saturated rings. The lowest BCUT2D eigenvalue weighted by atomic mass is 9.98. The van der Waals surface area contributed by atoms with Crippen LogP contribution in [0.2, 0.25) is 0 Å². The summed E-state index contributed by atoms with van der Waals surface area (Å²) in [5.74, 6) is -3.21. The van der Waals surface area contributed by atoms with Crippen LogP contribution in [0, 0.1) is 11.8 Å². The molecule has 28 heteroatoms. The molecule has 0 aliphatic heterocycles. The van der Waals surface area contributed by atoms with Gasteiger partial charge in [-0.15, -0.1) is 0 Å². The number of nitrogens with one attached hydrogen (secondary N) is 9. The molecule has 0 rings (SSSR count). The van der Waals surface area contributed by atoms with Crippen molar-refractivity contribution >= 4 is 64.6 Å². The fraction of sp³-hybridized carbons (Fsp3) is 0.804. The Morgan fingerprint density at radius 3 is 1.26 bits per heavy atom. The third-order valence-electron chi connectivity index (χ3n) is 13.9. The SMILES string of the molecule is C/C(=N/O)C(C)(C)NCC(CNC(C)(C)/C(C)=N\O)NC(=O)CCCC(=O)N[C@@H](CCCCCNC(=O)CCCC(=O)NCCOCCOCC(=O)NCCOCCOCC(=O)NCCCC[C@H](C)C(N)=O)C(=O)NCCCC[C@H](C)C(N)=O. The Morgan fingerprint density at radius 2 is 0.810 bits per heavy atom. The molecule has 9 amide bonds. The second-order valence-electron chi connectivity index (χ2n) is 21.9. The minimum atomic E-state index is -0.838. The first-order valence-electron chi connectivity index (χ1n) is 29.6. The molecule has 0 aromatic carbocycles. The number of ether oxygens (including phenoxy) is 4. The number of unbranched alkanes of at least 4 members (excludes halogenated alkanes) is 4. The zero-order valence-corrected chi connectivity index (χ0v) is 51.5. The van der Waals surface area contributed by atoms with Crippen LogP contribution in [0.1, 0.15) is 158 Å². The average Bonchev–Trinajstić information content (AvgIpc) is 3.54. The Hall–Kier alpha value is -6.07. The van der Waals surface area contributed by atoms with Crippen molar-refractivity contribution in [2.24, 2.45) is 33.6 Å². The van der Waals surface area contributed by atoms with Gasteiger partial charge in [0.1, 0.15) is 19.3 Å². The molecule has 0 aromatic rings. The molecule has 28 nitrogen and oxygen atoms in total. The predicted octanol–water partition coefficient (Wildman–Crippen LogP) is 0.524. The molecular formula is C56H105N13O15. The van der Waals surface area contributed by atoms with Crippen LogP contribution in [0.25, 0.3) is 0 Å². The summed E-state index contributed by atoms with van der Waals surface area (Å²) in [6.07, 6.45) is 7.14. The van der Waals surface area contributed by atoms with Gasteiger partial charge < -0.3 is 88.7 Å². The van der Waals surface area contributed by atoms with Gasteiger partial charge in [0.15, 0.2) is 0 Å². The van der Waals surface area contributed by atoms with Crippen molar-refractivity contribution in [1.29, 1.82) is 0 Å². The Labute approximate surface area is 497 Å². The van der Waals surface area contributed by atoms with Crippen LogP contribution in [0.3, 0.4) is 0 Å². The van der Waals surface area contributed by atoms with Crippen molar-refractivity contribution in [2.45, 2.75) is 181 Å². The van der Waals surface area contributed by atoms with Gasteiger partial charge in [-0.05, 0) is 92.9 Å². The van der Waals surface area contributed by atoms with Crippen molar-refractivity contribution in [2.75, 3.05) is 98.7 Å². The number of nitrogens with two attached hydrogens (primary N) is 2. The van der Waals surface area contributed by atoms with Crippen LogP contribution in [0.15, 0.2) is 10.3 Å². The maximum Gasteiger partial charge on any atom is 0.246 e. The van der Waals surface area contributed by atoms with Crippen LogP contribution in [-0.4, -0.2) is 197 Å². The molecule has 0 spiro atoms. The van der Waals surface area contributed by atoms with Crippen LogP contribution < -0.4 is 59.3 Å². The third-order valence-corrected chi connectivity index (χ3v) is 13.9. The van der Waals surface area contributed by atoms with Crippen LogP contribution >= 0.6 is 0 Å². The minimum Gasteiger partial charge on any atom is -0.411 e. The monoisotopic (exact) mass is 1200 g/mol. The lowest BCUT2D eigenvalue weighted by Crippen LogP contribution is -2.57. The van der Waals surface area contributed by atoms with Crippen molar-refractivity contribution in [1.82, 2.24) is 47.9 Å². The Morgan fingerprint density at radius 1 is 0.440 bits per heavy atom. The van der Waals surface area contributed by atoms with E-state index in [0.29, 0.717) is 102 Å². The number of carbonyl (C=O) groups excluding carboxylic acids is 9. The molecule has 0 aliphatic rings. The van der Waals surface area contributed by atoms with E-state index in [1.807, 2.05) is 27.7 Å². The van der Waals surface area contributed by atoms with E-state index in [1.165, 1.54) is 0 Å². The number of rotatable bonds is 53. The van der Waals surface area contributed by atoms with Gasteiger partial charge in [-0.3, -0.25) is 43.2 Å². The zero-order valence-electron chi connectivity index (χ0n) is 51.5.